The van der Waals surface area contributed by atoms with Crippen molar-refractivity contribution >= 4 is 0 Å². The molecule has 2 aliphatic rings. The van der Waals surface area contributed by atoms with E-state index < -0.39 is 0 Å². The third kappa shape index (κ3) is 2.07. The van der Waals surface area contributed by atoms with Gasteiger partial charge in [-0.2, -0.15) is 0 Å². The van der Waals surface area contributed by atoms with Crippen LogP contribution in [-0.2, 0) is 11.8 Å². The number of tetrazole rings is 1. The van der Waals surface area contributed by atoms with Gasteiger partial charge in [-0.25, -0.2) is 4.68 Å². The van der Waals surface area contributed by atoms with Crippen LogP contribution in [0.2, 0.25) is 0 Å². The minimum Gasteiger partial charge on any atom is -0.377 e. The lowest BCUT2D eigenvalue weighted by atomic mass is 9.71. The van der Waals surface area contributed by atoms with E-state index in [0.29, 0.717) is 17.6 Å². The van der Waals surface area contributed by atoms with Crippen molar-refractivity contribution in [2.75, 3.05) is 13.2 Å². The fourth-order valence-electron chi connectivity index (χ4n) is 3.68. The maximum absolute atomic E-state index is 5.92. The highest BCUT2D eigenvalue weighted by molar-refractivity contribution is 5.08. The fraction of sp³-hybridized carbons (Fsp3) is 0.923. The molecule has 6 nitrogen and oxygen atoms in total. The second kappa shape index (κ2) is 4.52. The molecule has 2 fully saturated rings. The summed E-state index contributed by atoms with van der Waals surface area (Å²) in [7, 11) is 1.90. The van der Waals surface area contributed by atoms with Gasteiger partial charge in [0.25, 0.3) is 0 Å². The number of hydrogen-bond donors (Lipinski definition) is 0. The van der Waals surface area contributed by atoms with Crippen LogP contribution >= 0.6 is 0 Å². The van der Waals surface area contributed by atoms with Crippen LogP contribution < -0.4 is 0 Å². The molecule has 0 radical (unpaired) electrons. The van der Waals surface area contributed by atoms with Crippen LogP contribution in [0.15, 0.2) is 0 Å². The molecular weight excluding hydrogens is 242 g/mol. The van der Waals surface area contributed by atoms with Gasteiger partial charge in [0, 0.05) is 26.2 Å². The molecule has 1 aromatic heterocycles. The van der Waals surface area contributed by atoms with Gasteiger partial charge in [0.1, 0.15) is 0 Å². The van der Waals surface area contributed by atoms with E-state index in [2.05, 4.69) is 41.2 Å². The summed E-state index contributed by atoms with van der Waals surface area (Å²) in [4.78, 5) is 2.49. The molecule has 1 aromatic rings. The Kier molecular flexibility index (Phi) is 3.09. The van der Waals surface area contributed by atoms with Gasteiger partial charge < -0.3 is 4.74 Å². The van der Waals surface area contributed by atoms with E-state index in [4.69, 9.17) is 4.74 Å². The predicted octanol–water partition coefficient (Wildman–Crippen LogP) is 1.16. The molecule has 3 atom stereocenters. The van der Waals surface area contributed by atoms with Crippen molar-refractivity contribution in [2.45, 2.75) is 51.8 Å². The summed E-state index contributed by atoms with van der Waals surface area (Å²) in [6.07, 6.45) is 2.73. The van der Waals surface area contributed by atoms with Gasteiger partial charge in [0.15, 0.2) is 5.82 Å². The van der Waals surface area contributed by atoms with Gasteiger partial charge in [-0.05, 0) is 35.6 Å². The van der Waals surface area contributed by atoms with E-state index in [9.17, 15) is 0 Å². The Balaban J connectivity index is 1.79. The van der Waals surface area contributed by atoms with Crippen LogP contribution in [0.5, 0.6) is 0 Å². The smallest absolute Gasteiger partial charge is 0.167 e. The van der Waals surface area contributed by atoms with Crippen molar-refractivity contribution in [1.82, 2.24) is 25.1 Å². The first kappa shape index (κ1) is 13.0. The quantitative estimate of drug-likeness (QED) is 0.821. The van der Waals surface area contributed by atoms with Gasteiger partial charge >= 0.3 is 0 Å². The third-order valence-corrected chi connectivity index (χ3v) is 4.59. The maximum Gasteiger partial charge on any atom is 0.167 e. The van der Waals surface area contributed by atoms with Crippen molar-refractivity contribution in [3.8, 4) is 0 Å². The molecule has 0 amide bonds. The molecule has 0 aliphatic carbocycles. The predicted molar refractivity (Wildman–Crippen MR) is 70.5 cm³/mol. The van der Waals surface area contributed by atoms with E-state index >= 15 is 0 Å². The Morgan fingerprint density at radius 1 is 1.42 bits per heavy atom. The molecular formula is C13H23N5O. The normalized spacial score (nSPS) is 32.2. The molecule has 0 N–H and O–H groups in total. The fourth-order valence-corrected chi connectivity index (χ4v) is 3.68. The number of rotatable bonds is 3. The minimum absolute atomic E-state index is 0.238. The number of aryl methyl sites for hydroxylation is 1. The highest BCUT2D eigenvalue weighted by Gasteiger charge is 2.52. The Bertz CT molecular complexity index is 452. The molecule has 0 spiro atoms. The molecule has 0 bridgehead atoms. The van der Waals surface area contributed by atoms with E-state index in [1.807, 2.05) is 7.05 Å². The van der Waals surface area contributed by atoms with Crippen LogP contribution in [0.3, 0.4) is 0 Å². The molecule has 106 valence electrons. The van der Waals surface area contributed by atoms with E-state index in [-0.39, 0.29) is 6.04 Å². The molecule has 0 aromatic carbocycles. The van der Waals surface area contributed by atoms with Gasteiger partial charge in [-0.1, -0.05) is 13.8 Å². The van der Waals surface area contributed by atoms with Crippen LogP contribution in [0, 0.1) is 5.41 Å². The third-order valence-electron chi connectivity index (χ3n) is 4.59. The summed E-state index contributed by atoms with van der Waals surface area (Å²) in [5, 5.41) is 11.8. The van der Waals surface area contributed by atoms with Crippen molar-refractivity contribution in [2.24, 2.45) is 12.5 Å². The number of nitrogens with zero attached hydrogens (tertiary/aromatic N) is 5. The van der Waals surface area contributed by atoms with Gasteiger partial charge in [-0.15, -0.1) is 5.10 Å². The second-order valence-electron chi connectivity index (χ2n) is 6.49. The second-order valence-corrected chi connectivity index (χ2v) is 6.49. The van der Waals surface area contributed by atoms with Gasteiger partial charge in [0.2, 0.25) is 0 Å². The summed E-state index contributed by atoms with van der Waals surface area (Å²) >= 11 is 0. The number of ether oxygens (including phenoxy) is 1. The average molecular weight is 265 g/mol. The standard InChI is InChI=1S/C13H23N5O/c1-9(12-14-15-16-17(12)4)18-8-13(2,3)11(18)10-6-5-7-19-10/h9-11H,5-8H2,1-4H3. The largest absolute Gasteiger partial charge is 0.377 e. The Labute approximate surface area is 114 Å². The highest BCUT2D eigenvalue weighted by Crippen LogP contribution is 2.46. The molecule has 3 heterocycles. The summed E-state index contributed by atoms with van der Waals surface area (Å²) < 4.78 is 7.69. The summed E-state index contributed by atoms with van der Waals surface area (Å²) in [6, 6.07) is 0.712. The van der Waals surface area contributed by atoms with Crippen molar-refractivity contribution in [1.29, 1.82) is 0 Å². The topological polar surface area (TPSA) is 56.1 Å². The Morgan fingerprint density at radius 2 is 2.21 bits per heavy atom. The molecule has 3 rings (SSSR count). The maximum atomic E-state index is 5.92. The van der Waals surface area contributed by atoms with E-state index in [1.54, 1.807) is 4.68 Å². The molecule has 3 unspecified atom stereocenters. The monoisotopic (exact) mass is 265 g/mol. The summed E-state index contributed by atoms with van der Waals surface area (Å²) in [6.45, 7) is 8.83. The van der Waals surface area contributed by atoms with Crippen LogP contribution in [-0.4, -0.2) is 50.4 Å². The molecule has 0 saturated carbocycles. The number of hydrogen-bond acceptors (Lipinski definition) is 5. The van der Waals surface area contributed by atoms with Gasteiger partial charge in [-0.3, -0.25) is 4.90 Å². The van der Waals surface area contributed by atoms with Crippen LogP contribution in [0.4, 0.5) is 0 Å². The van der Waals surface area contributed by atoms with Crippen molar-refractivity contribution in [3.05, 3.63) is 5.82 Å². The van der Waals surface area contributed by atoms with Crippen molar-refractivity contribution < 1.29 is 4.74 Å². The minimum atomic E-state index is 0.238. The number of aromatic nitrogens is 4. The lowest BCUT2D eigenvalue weighted by molar-refractivity contribution is -0.138. The zero-order valence-corrected chi connectivity index (χ0v) is 12.2. The van der Waals surface area contributed by atoms with E-state index in [0.717, 1.165) is 19.0 Å². The molecule has 2 aliphatic heterocycles. The van der Waals surface area contributed by atoms with E-state index in [1.165, 1.54) is 12.8 Å². The lowest BCUT2D eigenvalue weighted by Gasteiger charge is -2.58. The SMILES string of the molecule is CC(c1nnnn1C)N1CC(C)(C)C1C1CCCO1. The van der Waals surface area contributed by atoms with Crippen LogP contribution in [0.1, 0.15) is 45.5 Å². The lowest BCUT2D eigenvalue weighted by Crippen LogP contribution is -2.66. The first-order valence-corrected chi connectivity index (χ1v) is 7.10. The Hall–Kier alpha value is -1.01. The highest BCUT2D eigenvalue weighted by atomic mass is 16.5. The summed E-state index contributed by atoms with van der Waals surface area (Å²) in [5.74, 6) is 0.929. The molecule has 6 heteroatoms. The van der Waals surface area contributed by atoms with Crippen molar-refractivity contribution in [3.63, 3.8) is 0 Å². The average Bonchev–Trinajstić information content (AvgIpc) is 2.97. The summed E-state index contributed by atoms with van der Waals surface area (Å²) in [5.41, 5.74) is 0.315. The number of likely N-dealkylation sites (tertiary alicyclic amines) is 1. The molecule has 2 saturated heterocycles. The van der Waals surface area contributed by atoms with Crippen LogP contribution in [0.25, 0.3) is 0 Å². The van der Waals surface area contributed by atoms with Gasteiger partial charge in [0.05, 0.1) is 12.1 Å². The first-order chi connectivity index (χ1) is 9.00. The molecule has 19 heavy (non-hydrogen) atoms. The zero-order valence-electron chi connectivity index (χ0n) is 12.2. The zero-order chi connectivity index (χ0) is 13.6. The Morgan fingerprint density at radius 3 is 2.74 bits per heavy atom. The first-order valence-electron chi connectivity index (χ1n) is 7.10.